The third kappa shape index (κ3) is 4.58. The van der Waals surface area contributed by atoms with Crippen molar-refractivity contribution in [2.75, 3.05) is 16.2 Å². The number of para-hydroxylation sites is 1. The monoisotopic (exact) mass is 432 g/mol. The summed E-state index contributed by atoms with van der Waals surface area (Å²) in [6, 6.07) is 18.0. The maximum atomic E-state index is 13.3. The van der Waals surface area contributed by atoms with Crippen LogP contribution < -0.4 is 9.62 Å². The molecule has 0 radical (unpaired) electrons. The Kier molecular flexibility index (Phi) is 6.20. The fourth-order valence-corrected chi connectivity index (χ4v) is 4.79. The molecule has 29 heavy (non-hydrogen) atoms. The predicted octanol–water partition coefficient (Wildman–Crippen LogP) is 4.95. The molecule has 0 bridgehead atoms. The van der Waals surface area contributed by atoms with Crippen molar-refractivity contribution in [3.8, 4) is 0 Å². The molecule has 0 aliphatic heterocycles. The lowest BCUT2D eigenvalue weighted by Gasteiger charge is -2.23. The first kappa shape index (κ1) is 20.8. The average Bonchev–Trinajstić information content (AvgIpc) is 2.70. The molecular weight excluding hydrogens is 415 g/mol. The van der Waals surface area contributed by atoms with E-state index < -0.39 is 21.7 Å². The van der Waals surface area contributed by atoms with Gasteiger partial charge in [0.2, 0.25) is 0 Å². The van der Waals surface area contributed by atoms with E-state index in [0.29, 0.717) is 5.69 Å². The van der Waals surface area contributed by atoms with E-state index in [4.69, 9.17) is 11.6 Å². The van der Waals surface area contributed by atoms with Gasteiger partial charge in [0.25, 0.3) is 15.9 Å². The van der Waals surface area contributed by atoms with Crippen molar-refractivity contribution in [1.82, 2.24) is 0 Å². The summed E-state index contributed by atoms with van der Waals surface area (Å²) in [6.07, 6.45) is 0. The first-order valence-corrected chi connectivity index (χ1v) is 10.6. The number of hydrogen-bond donors (Lipinski definition) is 1. The summed E-state index contributed by atoms with van der Waals surface area (Å²) in [5, 5.41) is 2.61. The van der Waals surface area contributed by atoms with E-state index >= 15 is 0 Å². The van der Waals surface area contributed by atoms with Crippen LogP contribution in [-0.2, 0) is 10.0 Å². The Morgan fingerprint density at radius 2 is 1.76 bits per heavy atom. The summed E-state index contributed by atoms with van der Waals surface area (Å²) < 4.78 is 41.0. The molecule has 0 aliphatic carbocycles. The van der Waals surface area contributed by atoms with Gasteiger partial charge in [-0.1, -0.05) is 35.9 Å². The van der Waals surface area contributed by atoms with Gasteiger partial charge in [-0.05, 0) is 55.5 Å². The zero-order valence-corrected chi connectivity index (χ0v) is 17.0. The van der Waals surface area contributed by atoms with Crippen LogP contribution in [0.25, 0.3) is 0 Å². The minimum absolute atomic E-state index is 0.0307. The number of sulfonamides is 1. The van der Waals surface area contributed by atoms with E-state index in [1.807, 2.05) is 0 Å². The lowest BCUT2D eigenvalue weighted by atomic mass is 10.2. The number of halogens is 2. The van der Waals surface area contributed by atoms with Crippen LogP contribution in [0.1, 0.15) is 17.3 Å². The number of carbonyl (C=O) groups is 1. The molecule has 3 aromatic rings. The molecule has 150 valence electrons. The number of anilines is 2. The zero-order chi connectivity index (χ0) is 21.0. The highest BCUT2D eigenvalue weighted by Gasteiger charge is 2.26. The van der Waals surface area contributed by atoms with Crippen LogP contribution >= 0.6 is 11.6 Å². The van der Waals surface area contributed by atoms with E-state index in [0.717, 1.165) is 6.07 Å². The van der Waals surface area contributed by atoms with E-state index in [1.54, 1.807) is 37.3 Å². The molecule has 0 unspecified atom stereocenters. The van der Waals surface area contributed by atoms with Crippen LogP contribution in [0.15, 0.2) is 77.7 Å². The van der Waals surface area contributed by atoms with Crippen LogP contribution in [0.4, 0.5) is 15.8 Å². The highest BCUT2D eigenvalue weighted by Crippen LogP contribution is 2.30. The molecule has 5 nitrogen and oxygen atoms in total. The smallest absolute Gasteiger partial charge is 0.265 e. The third-order valence-corrected chi connectivity index (χ3v) is 6.56. The van der Waals surface area contributed by atoms with Crippen LogP contribution in [-0.4, -0.2) is 20.9 Å². The molecule has 0 aliphatic rings. The SMILES string of the molecule is CCN(c1ccccc1)S(=O)(=O)c1cc(NC(=O)c2cccc(F)c2)ccc1Cl. The second-order valence-electron chi connectivity index (χ2n) is 6.12. The predicted molar refractivity (Wildman–Crippen MR) is 112 cm³/mol. The molecule has 0 aromatic heterocycles. The fourth-order valence-electron chi connectivity index (χ4n) is 2.82. The average molecular weight is 433 g/mol. The van der Waals surface area contributed by atoms with Crippen molar-refractivity contribution in [3.63, 3.8) is 0 Å². The van der Waals surface area contributed by atoms with Crippen molar-refractivity contribution in [1.29, 1.82) is 0 Å². The van der Waals surface area contributed by atoms with Gasteiger partial charge in [0.15, 0.2) is 0 Å². The minimum Gasteiger partial charge on any atom is -0.322 e. The van der Waals surface area contributed by atoms with Crippen molar-refractivity contribution >= 4 is 38.9 Å². The molecule has 0 saturated heterocycles. The van der Waals surface area contributed by atoms with Crippen LogP contribution in [0.3, 0.4) is 0 Å². The minimum atomic E-state index is -3.97. The molecule has 8 heteroatoms. The number of nitrogens with zero attached hydrogens (tertiary/aromatic N) is 1. The summed E-state index contributed by atoms with van der Waals surface area (Å²) >= 11 is 6.18. The molecule has 0 spiro atoms. The molecule has 0 fully saturated rings. The second-order valence-corrected chi connectivity index (χ2v) is 8.35. The van der Waals surface area contributed by atoms with Crippen LogP contribution in [0.2, 0.25) is 5.02 Å². The summed E-state index contributed by atoms with van der Waals surface area (Å²) in [5.74, 6) is -1.11. The number of carbonyl (C=O) groups excluding carboxylic acids is 1. The number of rotatable bonds is 6. The summed E-state index contributed by atoms with van der Waals surface area (Å²) in [7, 11) is -3.97. The van der Waals surface area contributed by atoms with E-state index in [-0.39, 0.29) is 27.7 Å². The number of amides is 1. The van der Waals surface area contributed by atoms with Crippen molar-refractivity contribution in [3.05, 3.63) is 89.2 Å². The Morgan fingerprint density at radius 3 is 2.41 bits per heavy atom. The molecule has 0 heterocycles. The first-order chi connectivity index (χ1) is 13.8. The fraction of sp³-hybridized carbons (Fsp3) is 0.0952. The van der Waals surface area contributed by atoms with Gasteiger partial charge >= 0.3 is 0 Å². The van der Waals surface area contributed by atoms with E-state index in [2.05, 4.69) is 5.32 Å². The second kappa shape index (κ2) is 8.63. The maximum absolute atomic E-state index is 13.3. The Labute approximate surface area is 173 Å². The van der Waals surface area contributed by atoms with Gasteiger partial charge in [0.05, 0.1) is 10.7 Å². The maximum Gasteiger partial charge on any atom is 0.265 e. The highest BCUT2D eigenvalue weighted by molar-refractivity contribution is 7.93. The highest BCUT2D eigenvalue weighted by atomic mass is 35.5. The van der Waals surface area contributed by atoms with E-state index in [9.17, 15) is 17.6 Å². The van der Waals surface area contributed by atoms with Crippen molar-refractivity contribution < 1.29 is 17.6 Å². The Hall–Kier alpha value is -2.90. The first-order valence-electron chi connectivity index (χ1n) is 8.77. The molecule has 0 saturated carbocycles. The van der Waals surface area contributed by atoms with Gasteiger partial charge in [-0.2, -0.15) is 0 Å². The van der Waals surface area contributed by atoms with Gasteiger partial charge in [0.1, 0.15) is 10.7 Å². The lowest BCUT2D eigenvalue weighted by molar-refractivity contribution is 0.102. The zero-order valence-electron chi connectivity index (χ0n) is 15.5. The Bertz CT molecular complexity index is 1140. The number of nitrogens with one attached hydrogen (secondary N) is 1. The van der Waals surface area contributed by atoms with Gasteiger partial charge in [-0.25, -0.2) is 12.8 Å². The quantitative estimate of drug-likeness (QED) is 0.599. The summed E-state index contributed by atoms with van der Waals surface area (Å²) in [6.45, 7) is 1.91. The normalized spacial score (nSPS) is 11.1. The number of hydrogen-bond acceptors (Lipinski definition) is 3. The summed E-state index contributed by atoms with van der Waals surface area (Å²) in [4.78, 5) is 12.2. The van der Waals surface area contributed by atoms with Gasteiger partial charge in [-0.3, -0.25) is 9.10 Å². The van der Waals surface area contributed by atoms with Crippen LogP contribution in [0.5, 0.6) is 0 Å². The van der Waals surface area contributed by atoms with Crippen molar-refractivity contribution in [2.45, 2.75) is 11.8 Å². The molecular formula is C21H18ClFN2O3S. The van der Waals surface area contributed by atoms with Gasteiger partial charge < -0.3 is 5.32 Å². The molecule has 1 amide bonds. The van der Waals surface area contributed by atoms with E-state index in [1.165, 1.54) is 40.7 Å². The lowest BCUT2D eigenvalue weighted by Crippen LogP contribution is -2.31. The molecule has 0 atom stereocenters. The van der Waals surface area contributed by atoms with Gasteiger partial charge in [-0.15, -0.1) is 0 Å². The molecule has 3 aromatic carbocycles. The summed E-state index contributed by atoms with van der Waals surface area (Å²) in [5.41, 5.74) is 0.843. The molecule has 3 rings (SSSR count). The number of benzene rings is 3. The topological polar surface area (TPSA) is 66.5 Å². The van der Waals surface area contributed by atoms with Crippen molar-refractivity contribution in [2.24, 2.45) is 0 Å². The van der Waals surface area contributed by atoms with Crippen LogP contribution in [0, 0.1) is 5.82 Å². The largest absolute Gasteiger partial charge is 0.322 e. The Balaban J connectivity index is 1.95. The Morgan fingerprint density at radius 1 is 1.03 bits per heavy atom. The van der Waals surface area contributed by atoms with Gasteiger partial charge in [0, 0.05) is 17.8 Å². The molecule has 1 N–H and O–H groups in total. The third-order valence-electron chi connectivity index (χ3n) is 4.18. The standard InChI is InChI=1S/C21H18ClFN2O3S/c1-2-25(18-9-4-3-5-10-18)29(27,28)20-14-17(11-12-19(20)22)24-21(26)15-7-6-8-16(23)13-15/h3-14H,2H2,1H3,(H,24,26).